The highest BCUT2D eigenvalue weighted by atomic mass is 35.5. The van der Waals surface area contributed by atoms with Gasteiger partial charge in [-0.05, 0) is 61.4 Å². The van der Waals surface area contributed by atoms with Crippen LogP contribution in [0.4, 0.5) is 4.39 Å². The summed E-state index contributed by atoms with van der Waals surface area (Å²) in [5.41, 5.74) is 0.835. The molecular weight excluding hydrogens is 249 g/mol. The summed E-state index contributed by atoms with van der Waals surface area (Å²) < 4.78 is 13.8. The summed E-state index contributed by atoms with van der Waals surface area (Å²) in [7, 11) is 0. The number of benzene rings is 1. The Morgan fingerprint density at radius 3 is 2.72 bits per heavy atom. The number of hydrogen-bond donors (Lipinski definition) is 1. The van der Waals surface area contributed by atoms with Gasteiger partial charge >= 0.3 is 0 Å². The van der Waals surface area contributed by atoms with E-state index in [0.29, 0.717) is 22.8 Å². The molecule has 0 aliphatic heterocycles. The Hall–Kier alpha value is -0.600. The summed E-state index contributed by atoms with van der Waals surface area (Å²) in [5.74, 6) is 1.44. The van der Waals surface area contributed by atoms with E-state index in [-0.39, 0.29) is 5.82 Å². The first-order chi connectivity index (χ1) is 8.58. The third kappa shape index (κ3) is 3.24. The number of halogens is 2. The van der Waals surface area contributed by atoms with Crippen LogP contribution in [0.3, 0.4) is 0 Å². The molecule has 0 bridgehead atoms. The van der Waals surface area contributed by atoms with E-state index in [4.69, 9.17) is 11.6 Å². The van der Waals surface area contributed by atoms with Gasteiger partial charge in [0, 0.05) is 5.02 Å². The number of hydrogen-bond acceptors (Lipinski definition) is 1. The highest BCUT2D eigenvalue weighted by Gasteiger charge is 2.33. The second-order valence-corrected chi connectivity index (χ2v) is 6.10. The zero-order chi connectivity index (χ0) is 13.1. The Labute approximate surface area is 114 Å². The van der Waals surface area contributed by atoms with Crippen LogP contribution in [0.15, 0.2) is 18.2 Å². The van der Waals surface area contributed by atoms with E-state index in [2.05, 4.69) is 19.2 Å². The Kier molecular flexibility index (Phi) is 4.63. The molecule has 2 atom stereocenters. The Balaban J connectivity index is 1.93. The van der Waals surface area contributed by atoms with Crippen LogP contribution in [0.1, 0.15) is 38.2 Å². The molecule has 1 aliphatic rings. The predicted molar refractivity (Wildman–Crippen MR) is 74.6 cm³/mol. The van der Waals surface area contributed by atoms with Crippen molar-refractivity contribution in [1.82, 2.24) is 5.32 Å². The van der Waals surface area contributed by atoms with E-state index >= 15 is 0 Å². The summed E-state index contributed by atoms with van der Waals surface area (Å²) in [4.78, 5) is 0. The Morgan fingerprint density at radius 2 is 2.17 bits per heavy atom. The first kappa shape index (κ1) is 13.8. The fourth-order valence-electron chi connectivity index (χ4n) is 2.58. The van der Waals surface area contributed by atoms with Gasteiger partial charge in [0.1, 0.15) is 5.82 Å². The zero-order valence-corrected chi connectivity index (χ0v) is 11.8. The molecule has 1 aromatic carbocycles. The third-order valence-electron chi connectivity index (χ3n) is 3.74. The minimum atomic E-state index is -0.152. The van der Waals surface area contributed by atoms with E-state index in [9.17, 15) is 4.39 Å². The van der Waals surface area contributed by atoms with Crippen LogP contribution >= 0.6 is 11.6 Å². The van der Waals surface area contributed by atoms with Crippen LogP contribution in [0.5, 0.6) is 0 Å². The standard InChI is InChI=1S/C15H21ClFN/c1-10(2)8-18-9-11-3-5-13(11)14-6-4-12(16)7-15(14)17/h4,6-7,10-11,13,18H,3,5,8-9H2,1-2H3. The van der Waals surface area contributed by atoms with Gasteiger partial charge in [0.2, 0.25) is 0 Å². The van der Waals surface area contributed by atoms with Gasteiger partial charge in [0.05, 0.1) is 0 Å². The van der Waals surface area contributed by atoms with Crippen LogP contribution < -0.4 is 5.32 Å². The summed E-state index contributed by atoms with van der Waals surface area (Å²) >= 11 is 5.79. The molecule has 0 aromatic heterocycles. The molecule has 1 nitrogen and oxygen atoms in total. The van der Waals surface area contributed by atoms with Crippen molar-refractivity contribution in [3.05, 3.63) is 34.6 Å². The van der Waals surface area contributed by atoms with E-state index in [0.717, 1.165) is 25.1 Å². The molecule has 1 fully saturated rings. The van der Waals surface area contributed by atoms with Gasteiger partial charge in [-0.1, -0.05) is 31.5 Å². The second kappa shape index (κ2) is 6.03. The van der Waals surface area contributed by atoms with Gasteiger partial charge in [-0.15, -0.1) is 0 Å². The molecule has 3 heteroatoms. The molecule has 100 valence electrons. The van der Waals surface area contributed by atoms with Crippen molar-refractivity contribution in [2.24, 2.45) is 11.8 Å². The summed E-state index contributed by atoms with van der Waals surface area (Å²) in [6.45, 7) is 6.42. The van der Waals surface area contributed by atoms with E-state index in [1.807, 2.05) is 6.07 Å². The van der Waals surface area contributed by atoms with Gasteiger partial charge in [0.15, 0.2) is 0 Å². The summed E-state index contributed by atoms with van der Waals surface area (Å²) in [6, 6.07) is 5.06. The van der Waals surface area contributed by atoms with Crippen molar-refractivity contribution in [2.75, 3.05) is 13.1 Å². The first-order valence-corrected chi connectivity index (χ1v) is 7.11. The molecule has 0 saturated heterocycles. The van der Waals surface area contributed by atoms with Crippen molar-refractivity contribution in [3.8, 4) is 0 Å². The van der Waals surface area contributed by atoms with E-state index in [1.54, 1.807) is 6.07 Å². The lowest BCUT2D eigenvalue weighted by molar-refractivity contribution is 0.238. The average Bonchev–Trinajstić information content (AvgIpc) is 2.26. The van der Waals surface area contributed by atoms with Crippen molar-refractivity contribution >= 4 is 11.6 Å². The quantitative estimate of drug-likeness (QED) is 0.844. The Bertz CT molecular complexity index is 405. The lowest BCUT2D eigenvalue weighted by Gasteiger charge is -2.37. The minimum Gasteiger partial charge on any atom is -0.316 e. The second-order valence-electron chi connectivity index (χ2n) is 5.66. The monoisotopic (exact) mass is 269 g/mol. The van der Waals surface area contributed by atoms with Crippen LogP contribution in [0, 0.1) is 17.7 Å². The predicted octanol–water partition coefficient (Wildman–Crippen LogP) is 4.22. The molecule has 2 unspecified atom stereocenters. The van der Waals surface area contributed by atoms with Gasteiger partial charge in [-0.2, -0.15) is 0 Å². The highest BCUT2D eigenvalue weighted by Crippen LogP contribution is 2.43. The van der Waals surface area contributed by atoms with E-state index in [1.165, 1.54) is 12.5 Å². The lowest BCUT2D eigenvalue weighted by atomic mass is 9.70. The minimum absolute atomic E-state index is 0.152. The van der Waals surface area contributed by atoms with Gasteiger partial charge in [0.25, 0.3) is 0 Å². The van der Waals surface area contributed by atoms with Crippen molar-refractivity contribution in [3.63, 3.8) is 0 Å². The van der Waals surface area contributed by atoms with E-state index < -0.39 is 0 Å². The first-order valence-electron chi connectivity index (χ1n) is 6.73. The lowest BCUT2D eigenvalue weighted by Crippen LogP contribution is -2.35. The largest absolute Gasteiger partial charge is 0.316 e. The summed E-state index contributed by atoms with van der Waals surface area (Å²) in [5, 5.41) is 3.95. The van der Waals surface area contributed by atoms with Crippen molar-refractivity contribution in [2.45, 2.75) is 32.6 Å². The van der Waals surface area contributed by atoms with Gasteiger partial charge in [-0.25, -0.2) is 4.39 Å². The molecule has 0 spiro atoms. The third-order valence-corrected chi connectivity index (χ3v) is 3.97. The van der Waals surface area contributed by atoms with Crippen LogP contribution in [-0.4, -0.2) is 13.1 Å². The van der Waals surface area contributed by atoms with Gasteiger partial charge < -0.3 is 5.32 Å². The molecule has 1 aromatic rings. The average molecular weight is 270 g/mol. The number of rotatable bonds is 5. The molecule has 1 N–H and O–H groups in total. The molecule has 1 aliphatic carbocycles. The maximum atomic E-state index is 13.8. The maximum absolute atomic E-state index is 13.8. The van der Waals surface area contributed by atoms with Crippen LogP contribution in [-0.2, 0) is 0 Å². The SMILES string of the molecule is CC(C)CNCC1CCC1c1ccc(Cl)cc1F. The molecule has 0 radical (unpaired) electrons. The zero-order valence-electron chi connectivity index (χ0n) is 11.0. The Morgan fingerprint density at radius 1 is 1.39 bits per heavy atom. The molecular formula is C15H21ClFN. The van der Waals surface area contributed by atoms with Crippen LogP contribution in [0.2, 0.25) is 5.02 Å². The van der Waals surface area contributed by atoms with Crippen molar-refractivity contribution in [1.29, 1.82) is 0 Å². The fraction of sp³-hybridized carbons (Fsp3) is 0.600. The summed E-state index contributed by atoms with van der Waals surface area (Å²) in [6.07, 6.45) is 2.28. The maximum Gasteiger partial charge on any atom is 0.128 e. The molecule has 2 rings (SSSR count). The van der Waals surface area contributed by atoms with Gasteiger partial charge in [-0.3, -0.25) is 0 Å². The number of nitrogens with one attached hydrogen (secondary N) is 1. The molecule has 1 saturated carbocycles. The van der Waals surface area contributed by atoms with Crippen molar-refractivity contribution < 1.29 is 4.39 Å². The fourth-order valence-corrected chi connectivity index (χ4v) is 2.74. The van der Waals surface area contributed by atoms with Crippen LogP contribution in [0.25, 0.3) is 0 Å². The molecule has 0 amide bonds. The highest BCUT2D eigenvalue weighted by molar-refractivity contribution is 6.30. The topological polar surface area (TPSA) is 12.0 Å². The molecule has 18 heavy (non-hydrogen) atoms. The molecule has 0 heterocycles. The smallest absolute Gasteiger partial charge is 0.128 e. The normalized spacial score (nSPS) is 23.2.